The third kappa shape index (κ3) is 7.43. The van der Waals surface area contributed by atoms with Crippen molar-refractivity contribution in [3.8, 4) is 0 Å². The second kappa shape index (κ2) is 12.6. The second-order valence-corrected chi connectivity index (χ2v) is 13.5. The zero-order valence-electron chi connectivity index (χ0n) is 26.8. The predicted octanol–water partition coefficient (Wildman–Crippen LogP) is 4.88. The molecule has 4 heterocycles. The minimum atomic E-state index is -3.19. The van der Waals surface area contributed by atoms with E-state index >= 15 is 0 Å². The molecule has 6 rings (SSSR count). The summed E-state index contributed by atoms with van der Waals surface area (Å²) in [6.45, 7) is 7.65. The molecule has 2 aromatic heterocycles. The van der Waals surface area contributed by atoms with Crippen LogP contribution in [0.3, 0.4) is 0 Å². The van der Waals surface area contributed by atoms with Crippen LogP contribution >= 0.6 is 0 Å². The Labute approximate surface area is 270 Å². The van der Waals surface area contributed by atoms with Gasteiger partial charge < -0.3 is 29.3 Å². The Bertz CT molecular complexity index is 1580. The van der Waals surface area contributed by atoms with Crippen LogP contribution in [0, 0.1) is 5.82 Å². The minimum Gasteiger partial charge on any atom is -0.444 e. The molecule has 12 nitrogen and oxygen atoms in total. The summed E-state index contributed by atoms with van der Waals surface area (Å²) in [5, 5.41) is 6.31. The number of halogens is 3. The van der Waals surface area contributed by atoms with E-state index < -0.39 is 29.5 Å². The van der Waals surface area contributed by atoms with Crippen LogP contribution < -0.4 is 15.1 Å². The fraction of sp³-hybridized carbons (Fsp3) is 0.562. The zero-order chi connectivity index (χ0) is 33.5. The summed E-state index contributed by atoms with van der Waals surface area (Å²) in [4.78, 5) is 44.9. The monoisotopic (exact) mass is 656 g/mol. The molecule has 0 radical (unpaired) electrons. The number of piperidine rings is 1. The average Bonchev–Trinajstić information content (AvgIpc) is 3.54. The van der Waals surface area contributed by atoms with Gasteiger partial charge in [0.2, 0.25) is 11.8 Å². The van der Waals surface area contributed by atoms with Gasteiger partial charge in [-0.2, -0.15) is 13.8 Å². The van der Waals surface area contributed by atoms with Gasteiger partial charge in [-0.3, -0.25) is 4.79 Å². The first kappa shape index (κ1) is 32.5. The van der Waals surface area contributed by atoms with Crippen LogP contribution in [0.25, 0.3) is 0 Å². The van der Waals surface area contributed by atoms with Crippen LogP contribution in [0.4, 0.5) is 29.9 Å². The fourth-order valence-corrected chi connectivity index (χ4v) is 6.25. The van der Waals surface area contributed by atoms with E-state index in [4.69, 9.17) is 9.26 Å². The smallest absolute Gasteiger partial charge is 0.407 e. The Morgan fingerprint density at radius 3 is 2.23 bits per heavy atom. The molecule has 1 aromatic carbocycles. The number of carbonyl (C=O) groups excluding carboxylic acids is 2. The summed E-state index contributed by atoms with van der Waals surface area (Å²) in [6.07, 6.45) is 5.45. The van der Waals surface area contributed by atoms with Crippen LogP contribution in [0.15, 0.2) is 41.2 Å². The Kier molecular flexibility index (Phi) is 8.74. The highest BCUT2D eigenvalue weighted by Crippen LogP contribution is 2.35. The lowest BCUT2D eigenvalue weighted by Gasteiger charge is -2.38. The molecule has 2 amide bonds. The Balaban J connectivity index is 1.13. The van der Waals surface area contributed by atoms with Crippen molar-refractivity contribution in [1.82, 2.24) is 30.3 Å². The number of amides is 2. The summed E-state index contributed by atoms with van der Waals surface area (Å²) >= 11 is 0. The maximum absolute atomic E-state index is 14.9. The first-order valence-corrected chi connectivity index (χ1v) is 15.9. The summed E-state index contributed by atoms with van der Waals surface area (Å²) in [7, 11) is 0. The highest BCUT2D eigenvalue weighted by atomic mass is 19.3. The number of aromatic nitrogens is 4. The van der Waals surface area contributed by atoms with E-state index in [2.05, 4.69) is 25.4 Å². The molecule has 47 heavy (non-hydrogen) atoms. The normalized spacial score (nSPS) is 20.7. The van der Waals surface area contributed by atoms with Crippen molar-refractivity contribution in [2.75, 3.05) is 36.0 Å². The van der Waals surface area contributed by atoms with Gasteiger partial charge in [-0.25, -0.2) is 19.2 Å². The molecule has 3 aromatic rings. The van der Waals surface area contributed by atoms with Crippen molar-refractivity contribution in [2.45, 2.75) is 88.9 Å². The van der Waals surface area contributed by atoms with Gasteiger partial charge in [0.15, 0.2) is 0 Å². The van der Waals surface area contributed by atoms with Crippen LogP contribution in [0.5, 0.6) is 0 Å². The number of ether oxygens (including phenoxy) is 1. The SMILES string of the molecule is CC(C)(C)OC(=O)N[C@H]1CN(c2ncc(C(=O)N(C3CC3)C3CCN(c4nc(C(C)(F)F)no4)CC3)cn2)CC1c1ccccc1F. The Hall–Kier alpha value is -4.43. The summed E-state index contributed by atoms with van der Waals surface area (Å²) < 4.78 is 52.6. The molecule has 1 unspecified atom stereocenters. The molecule has 1 saturated carbocycles. The number of nitrogens with one attached hydrogen (secondary N) is 1. The molecule has 1 N–H and O–H groups in total. The molecule has 3 fully saturated rings. The largest absolute Gasteiger partial charge is 0.444 e. The van der Waals surface area contributed by atoms with Crippen molar-refractivity contribution in [2.24, 2.45) is 0 Å². The van der Waals surface area contributed by atoms with Gasteiger partial charge in [0.25, 0.3) is 5.91 Å². The van der Waals surface area contributed by atoms with Crippen LogP contribution in [0.1, 0.15) is 81.0 Å². The zero-order valence-corrected chi connectivity index (χ0v) is 26.8. The Morgan fingerprint density at radius 1 is 0.979 bits per heavy atom. The van der Waals surface area contributed by atoms with Crippen molar-refractivity contribution in [3.05, 3.63) is 59.4 Å². The molecule has 0 bridgehead atoms. The highest BCUT2D eigenvalue weighted by molar-refractivity contribution is 5.94. The molecule has 3 aliphatic rings. The van der Waals surface area contributed by atoms with Gasteiger partial charge in [-0.15, -0.1) is 0 Å². The quantitative estimate of drug-likeness (QED) is 0.358. The van der Waals surface area contributed by atoms with Gasteiger partial charge in [-0.05, 0) is 58.1 Å². The molecule has 2 atom stereocenters. The minimum absolute atomic E-state index is 0.0518. The number of alkyl halides is 2. The van der Waals surface area contributed by atoms with Crippen molar-refractivity contribution in [1.29, 1.82) is 0 Å². The number of alkyl carbamates (subject to hydrolysis) is 1. The van der Waals surface area contributed by atoms with Gasteiger partial charge in [-0.1, -0.05) is 23.4 Å². The van der Waals surface area contributed by atoms with Crippen LogP contribution in [0.2, 0.25) is 0 Å². The van der Waals surface area contributed by atoms with E-state index in [9.17, 15) is 22.8 Å². The molecule has 2 saturated heterocycles. The maximum atomic E-state index is 14.9. The van der Waals surface area contributed by atoms with Gasteiger partial charge in [0, 0.05) is 63.5 Å². The Morgan fingerprint density at radius 2 is 1.64 bits per heavy atom. The molecule has 1 aliphatic carbocycles. The molecular weight excluding hydrogens is 617 g/mol. The van der Waals surface area contributed by atoms with E-state index in [0.717, 1.165) is 19.8 Å². The van der Waals surface area contributed by atoms with E-state index in [-0.39, 0.29) is 35.7 Å². The third-order valence-corrected chi connectivity index (χ3v) is 8.61. The highest BCUT2D eigenvalue weighted by Gasteiger charge is 2.41. The molecule has 252 valence electrons. The van der Waals surface area contributed by atoms with E-state index in [0.29, 0.717) is 56.1 Å². The predicted molar refractivity (Wildman–Crippen MR) is 165 cm³/mol. The number of hydrogen-bond acceptors (Lipinski definition) is 10. The lowest BCUT2D eigenvalue weighted by molar-refractivity contribution is 0.00557. The lowest BCUT2D eigenvalue weighted by Crippen LogP contribution is -2.48. The number of rotatable bonds is 8. The summed E-state index contributed by atoms with van der Waals surface area (Å²) in [6, 6.07) is 6.11. The van der Waals surface area contributed by atoms with Crippen molar-refractivity contribution in [3.63, 3.8) is 0 Å². The number of carbonyl (C=O) groups is 2. The number of nitrogens with zero attached hydrogens (tertiary/aromatic N) is 7. The lowest BCUT2D eigenvalue weighted by atomic mass is 9.94. The number of benzene rings is 1. The topological polar surface area (TPSA) is 130 Å². The first-order chi connectivity index (χ1) is 22.3. The fourth-order valence-electron chi connectivity index (χ4n) is 6.25. The third-order valence-electron chi connectivity index (χ3n) is 8.61. The first-order valence-electron chi connectivity index (χ1n) is 15.9. The molecule has 0 spiro atoms. The van der Waals surface area contributed by atoms with Crippen molar-refractivity contribution >= 4 is 24.0 Å². The van der Waals surface area contributed by atoms with Gasteiger partial charge >= 0.3 is 18.0 Å². The molecule has 2 aliphatic heterocycles. The average molecular weight is 657 g/mol. The van der Waals surface area contributed by atoms with Crippen molar-refractivity contribution < 1.29 is 32.0 Å². The van der Waals surface area contributed by atoms with Crippen LogP contribution in [-0.2, 0) is 10.7 Å². The molecule has 15 heteroatoms. The second-order valence-electron chi connectivity index (χ2n) is 13.5. The van der Waals surface area contributed by atoms with Gasteiger partial charge in [0.1, 0.15) is 11.4 Å². The number of anilines is 2. The van der Waals surface area contributed by atoms with E-state index in [1.807, 2.05) is 9.80 Å². The maximum Gasteiger partial charge on any atom is 0.407 e. The standard InChI is InChI=1S/C32H39F3N8O4/c1-31(2,3)46-30(45)38-25-18-42(17-23(25)22-7-5-6-8-24(22)33)28-36-15-19(16-37-28)26(44)43(20-9-10-20)21-11-13-41(14-12-21)29-39-27(40-47-29)32(4,34)35/h5-8,15-16,20-21,23,25H,9-14,17-18H2,1-4H3,(H,38,45)/t23?,25-/m0/s1. The van der Waals surface area contributed by atoms with Gasteiger partial charge in [0.05, 0.1) is 11.6 Å². The summed E-state index contributed by atoms with van der Waals surface area (Å²) in [5.74, 6) is -4.41. The number of hydrogen-bond donors (Lipinski definition) is 1. The summed E-state index contributed by atoms with van der Waals surface area (Å²) in [5.41, 5.74) is 0.125. The van der Waals surface area contributed by atoms with Crippen LogP contribution in [-0.4, -0.2) is 86.9 Å². The van der Waals surface area contributed by atoms with E-state index in [1.165, 1.54) is 18.5 Å². The van der Waals surface area contributed by atoms with E-state index in [1.54, 1.807) is 43.9 Å². The molecular formula is C32H39F3N8O4.